The van der Waals surface area contributed by atoms with Crippen LogP contribution in [0, 0.1) is 45.9 Å². The number of aliphatic carboxylic acids is 4. The Labute approximate surface area is 727 Å². The average Bonchev–Trinajstić information content (AvgIpc) is 0.822. The molecule has 4 heterocycles. The third-order valence-corrected chi connectivity index (χ3v) is 22.4. The number of Topliss-reactive ketones (excluding diaryl/α,β-unsaturated/α-hetero) is 4. The molecule has 8 aromatic carbocycles. The van der Waals surface area contributed by atoms with Crippen molar-refractivity contribution in [1.82, 2.24) is 0 Å². The SMILES string of the molecule is CC#N.CC#N.O=C(CCC[NH+]1CCC(O)(c2ccc(Cl)cc2)CC1)c1ccc(F)cc1.O=C(CCC[NH+]1CCC(O)(c2ccc(Cl)cc2)CC1)c1ccc(F)cc1.O=C(CCC[NH+]1CCC(O)(c2ccc(Cl)cc2)CC1)c1ccc(F)cc1.O=C(CCC[NH+]1CCC(O)(c2ccc(Cl)cc2)CC1)c1ccc(F)cc1.O=C([O-])C(=O)[O-].O=C([O-])C(=O)[O-]. The van der Waals surface area contributed by atoms with Crippen molar-refractivity contribution >= 4 is 93.4 Å². The van der Waals surface area contributed by atoms with Crippen molar-refractivity contribution in [1.29, 1.82) is 10.5 Å². The minimum absolute atomic E-state index is 0.0547. The first-order valence-corrected chi connectivity index (χ1v) is 41.4. The lowest BCUT2D eigenvalue weighted by molar-refractivity contribution is -0.908. The first kappa shape index (κ1) is 102. The van der Waals surface area contributed by atoms with Gasteiger partial charge in [-0.3, -0.25) is 19.2 Å². The van der Waals surface area contributed by atoms with E-state index in [1.54, 1.807) is 12.1 Å². The molecule has 30 heteroatoms. The minimum atomic E-state index is -2.19. The fourth-order valence-electron chi connectivity index (χ4n) is 14.4. The van der Waals surface area contributed by atoms with E-state index in [0.717, 1.165) is 126 Å². The van der Waals surface area contributed by atoms with Crippen LogP contribution < -0.4 is 40.0 Å². The van der Waals surface area contributed by atoms with E-state index < -0.39 is 46.3 Å². The van der Waals surface area contributed by atoms with Gasteiger partial charge in [-0.05, 0) is 168 Å². The van der Waals surface area contributed by atoms with Gasteiger partial charge in [-0.1, -0.05) is 94.9 Å². The maximum absolute atomic E-state index is 12.9. The maximum atomic E-state index is 12.9. The molecule has 4 aliphatic rings. The molecule has 0 spiro atoms. The summed E-state index contributed by atoms with van der Waals surface area (Å²) in [7, 11) is 0. The molecule has 0 aromatic heterocycles. The monoisotopic (exact) mass is 1760 g/mol. The standard InChI is InChI=1S/4C21H23ClFNO2.2C2H3N.2C2H2O4/c4*22-18-7-5-17(6-8-18)21(26)11-14-24(15-12-21)13-1-2-20(25)16-3-9-19(23)10-4-16;2*1-2-3;2*3-1(4)2(5)6/h4*3-10,26H,1-2,11-15H2;2*1H3;2*(H,3,4)(H,5,6). The quantitative estimate of drug-likeness (QED) is 0.0193. The van der Waals surface area contributed by atoms with Gasteiger partial charge in [0.1, 0.15) is 45.7 Å². The predicted molar refractivity (Wildman–Crippen MR) is 443 cm³/mol. The lowest BCUT2D eigenvalue weighted by atomic mass is 9.84. The molecule has 0 amide bonds. The van der Waals surface area contributed by atoms with E-state index in [-0.39, 0.29) is 46.4 Å². The van der Waals surface area contributed by atoms with E-state index in [1.807, 2.05) is 97.1 Å². The summed E-state index contributed by atoms with van der Waals surface area (Å²) in [5, 5.41) is 96.6. The molecule has 4 fully saturated rings. The van der Waals surface area contributed by atoms with Crippen molar-refractivity contribution in [3.8, 4) is 12.1 Å². The number of carbonyl (C=O) groups excluding carboxylic acids is 8. The molecule has 0 saturated carbocycles. The Balaban J connectivity index is 0.000000270. The lowest BCUT2D eigenvalue weighted by Crippen LogP contribution is -3.13. The molecule has 12 rings (SSSR count). The number of nitriles is 2. The third-order valence-electron chi connectivity index (χ3n) is 21.4. The molecule has 0 unspecified atom stereocenters. The fourth-order valence-corrected chi connectivity index (χ4v) is 14.9. The van der Waals surface area contributed by atoms with E-state index >= 15 is 0 Å². The van der Waals surface area contributed by atoms with Gasteiger partial charge in [0, 0.05) is 159 Å². The van der Waals surface area contributed by atoms with Gasteiger partial charge >= 0.3 is 0 Å². The van der Waals surface area contributed by atoms with Gasteiger partial charge in [0.15, 0.2) is 23.1 Å². The van der Waals surface area contributed by atoms with Crippen molar-refractivity contribution in [3.05, 3.63) is 282 Å². The van der Waals surface area contributed by atoms with Crippen LogP contribution in [-0.2, 0) is 41.6 Å². The molecule has 0 radical (unpaired) electrons. The zero-order valence-electron chi connectivity index (χ0n) is 67.9. The summed E-state index contributed by atoms with van der Waals surface area (Å²) in [4.78, 5) is 89.9. The largest absolute Gasteiger partial charge is 0.543 e. The van der Waals surface area contributed by atoms with Gasteiger partial charge in [-0.15, -0.1) is 0 Å². The second-order valence-electron chi connectivity index (χ2n) is 29.9. The van der Waals surface area contributed by atoms with Crippen LogP contribution in [0.2, 0.25) is 20.1 Å². The Morgan fingerprint density at radius 2 is 0.443 bits per heavy atom. The fraction of sp³-hybridized carbons (Fsp3) is 0.370. The Morgan fingerprint density at radius 1 is 0.303 bits per heavy atom. The lowest BCUT2D eigenvalue weighted by Gasteiger charge is -2.36. The normalized spacial score (nSPS) is 20.4. The van der Waals surface area contributed by atoms with Crippen molar-refractivity contribution in [3.63, 3.8) is 0 Å². The average molecular weight is 1770 g/mol. The third kappa shape index (κ3) is 36.1. The van der Waals surface area contributed by atoms with Crippen LogP contribution in [0.1, 0.15) is 180 Å². The summed E-state index contributed by atoms with van der Waals surface area (Å²) in [6.45, 7) is 13.5. The van der Waals surface area contributed by atoms with Gasteiger partial charge in [0.2, 0.25) is 0 Å². The number of quaternary nitrogens is 4. The zero-order chi connectivity index (χ0) is 90.0. The van der Waals surface area contributed by atoms with E-state index in [0.29, 0.717) is 119 Å². The second-order valence-corrected chi connectivity index (χ2v) is 31.6. The molecule has 8 N–H and O–H groups in total. The molecule has 0 aliphatic carbocycles. The highest BCUT2D eigenvalue weighted by atomic mass is 35.5. The number of carboxylic acid groups (broad SMARTS) is 4. The number of likely N-dealkylation sites (tertiary alicyclic amines) is 4. The van der Waals surface area contributed by atoms with Crippen LogP contribution in [0.3, 0.4) is 0 Å². The summed E-state index contributed by atoms with van der Waals surface area (Å²) in [6.07, 6.45) is 10.7. The van der Waals surface area contributed by atoms with Crippen LogP contribution in [0.25, 0.3) is 0 Å². The van der Waals surface area contributed by atoms with Crippen LogP contribution >= 0.6 is 46.4 Å². The Bertz CT molecular complexity index is 4110. The first-order valence-electron chi connectivity index (χ1n) is 39.9. The summed E-state index contributed by atoms with van der Waals surface area (Å²) >= 11 is 23.7. The van der Waals surface area contributed by atoms with Crippen molar-refractivity contribution in [2.75, 3.05) is 78.5 Å². The number of aliphatic hydroxyl groups is 4. The molecule has 8 aromatic rings. The number of hydrogen-bond donors (Lipinski definition) is 8. The van der Waals surface area contributed by atoms with Gasteiger partial charge in [0.25, 0.3) is 0 Å². The number of ketones is 4. The molecule has 122 heavy (non-hydrogen) atoms. The highest BCUT2D eigenvalue weighted by Gasteiger charge is 2.40. The number of rotatable bonds is 24. The van der Waals surface area contributed by atoms with Crippen molar-refractivity contribution in [2.24, 2.45) is 0 Å². The highest BCUT2D eigenvalue weighted by Crippen LogP contribution is 2.34. The Hall–Kier alpha value is -10.1. The first-order chi connectivity index (χ1) is 58.0. The number of piperidine rings is 4. The molecule has 0 bridgehead atoms. The molecular weight excluding hydrogens is 1660 g/mol. The second kappa shape index (κ2) is 52.4. The molecule has 0 atom stereocenters. The number of carboxylic acids is 4. The number of hydrogen-bond acceptors (Lipinski definition) is 18. The van der Waals surface area contributed by atoms with Crippen LogP contribution in [-0.4, -0.2) is 146 Å². The smallest absolute Gasteiger partial charge is 0.163 e. The Morgan fingerprint density at radius 3 is 0.574 bits per heavy atom. The molecule has 4 saturated heterocycles. The van der Waals surface area contributed by atoms with Crippen molar-refractivity contribution in [2.45, 2.75) is 139 Å². The van der Waals surface area contributed by atoms with Gasteiger partial charge in [-0.2, -0.15) is 10.5 Å². The van der Waals surface area contributed by atoms with Gasteiger partial charge < -0.3 is 79.6 Å². The highest BCUT2D eigenvalue weighted by molar-refractivity contribution is 6.31. The van der Waals surface area contributed by atoms with E-state index in [2.05, 4.69) is 0 Å². The molecule has 652 valence electrons. The summed E-state index contributed by atoms with van der Waals surface area (Å²) < 4.78 is 51.6. The van der Waals surface area contributed by atoms with Crippen molar-refractivity contribution < 1.29 is 116 Å². The molecular formula is C92H102Cl4F4N6O16. The summed E-state index contributed by atoms with van der Waals surface area (Å²) in [6, 6.07) is 56.1. The molecule has 22 nitrogen and oxygen atoms in total. The summed E-state index contributed by atoms with van der Waals surface area (Å²) in [5.41, 5.74) is 2.84. The van der Waals surface area contributed by atoms with Gasteiger partial charge in [0.05, 0.1) is 115 Å². The van der Waals surface area contributed by atoms with E-state index in [1.165, 1.54) is 131 Å². The minimum Gasteiger partial charge on any atom is -0.543 e. The van der Waals surface area contributed by atoms with Crippen LogP contribution in [0.4, 0.5) is 17.6 Å². The number of nitrogens with zero attached hydrogens (tertiary/aromatic N) is 2. The number of carbonyl (C=O) groups is 8. The maximum Gasteiger partial charge on any atom is 0.163 e. The van der Waals surface area contributed by atoms with Crippen LogP contribution in [0.15, 0.2) is 194 Å². The van der Waals surface area contributed by atoms with E-state index in [9.17, 15) is 57.2 Å². The number of benzene rings is 8. The predicted octanol–water partition coefficient (Wildman–Crippen LogP) is 6.07. The van der Waals surface area contributed by atoms with Crippen LogP contribution in [0.5, 0.6) is 0 Å². The topological polar surface area (TPSA) is 375 Å². The van der Waals surface area contributed by atoms with Gasteiger partial charge in [-0.25, -0.2) is 17.6 Å². The number of halogens is 8. The van der Waals surface area contributed by atoms with E-state index in [4.69, 9.17) is 96.5 Å². The molecule has 4 aliphatic heterocycles. The zero-order valence-corrected chi connectivity index (χ0v) is 70.9. The summed E-state index contributed by atoms with van der Waals surface area (Å²) in [5.74, 6) is -9.83. The number of nitrogens with one attached hydrogen (secondary N) is 4. The Kier molecular flexibility index (Phi) is 44.0.